The standard InChI is InChI=1S/C14H11F6N3O2/c1-2-25-22-12(24)10-7-21-23(11(10)14(18,19)20)9-5-3-4-8(6-9)13(15,16)17/h3-7H,2H2,1H3,(H,22,24). The fourth-order valence-corrected chi connectivity index (χ4v) is 1.99. The highest BCUT2D eigenvalue weighted by Gasteiger charge is 2.41. The molecule has 0 atom stereocenters. The molecule has 0 unspecified atom stereocenters. The van der Waals surface area contributed by atoms with E-state index in [-0.39, 0.29) is 11.3 Å². The number of amides is 1. The number of alkyl halides is 6. The van der Waals surface area contributed by atoms with Crippen molar-refractivity contribution < 1.29 is 36.0 Å². The number of rotatable bonds is 4. The summed E-state index contributed by atoms with van der Waals surface area (Å²) < 4.78 is 78.5. The second kappa shape index (κ2) is 6.75. The number of aromatic nitrogens is 2. The first kappa shape index (κ1) is 18.8. The molecule has 0 aliphatic carbocycles. The molecule has 2 aromatic rings. The van der Waals surface area contributed by atoms with Gasteiger partial charge >= 0.3 is 12.4 Å². The summed E-state index contributed by atoms with van der Waals surface area (Å²) in [5, 5.41) is 3.42. The molecule has 0 saturated carbocycles. The monoisotopic (exact) mass is 367 g/mol. The van der Waals surface area contributed by atoms with Crippen LogP contribution in [0.4, 0.5) is 26.3 Å². The highest BCUT2D eigenvalue weighted by Crippen LogP contribution is 2.35. The van der Waals surface area contributed by atoms with E-state index < -0.39 is 40.8 Å². The predicted octanol–water partition coefficient (Wildman–Crippen LogP) is 3.59. The van der Waals surface area contributed by atoms with Crippen molar-refractivity contribution in [1.29, 1.82) is 0 Å². The van der Waals surface area contributed by atoms with Gasteiger partial charge in [-0.25, -0.2) is 10.2 Å². The molecule has 0 fully saturated rings. The molecule has 11 heteroatoms. The van der Waals surface area contributed by atoms with Gasteiger partial charge in [0.25, 0.3) is 5.91 Å². The molecule has 1 amide bonds. The van der Waals surface area contributed by atoms with E-state index in [2.05, 4.69) is 9.94 Å². The molecule has 0 bridgehead atoms. The Hall–Kier alpha value is -2.56. The minimum Gasteiger partial charge on any atom is -0.274 e. The first-order chi connectivity index (χ1) is 11.6. The molecule has 2 rings (SSSR count). The Balaban J connectivity index is 2.56. The van der Waals surface area contributed by atoms with Crippen LogP contribution >= 0.6 is 0 Å². The molecule has 1 aromatic heterocycles. The van der Waals surface area contributed by atoms with Gasteiger partial charge in [0.15, 0.2) is 5.69 Å². The maximum atomic E-state index is 13.3. The van der Waals surface area contributed by atoms with Gasteiger partial charge in [0, 0.05) is 0 Å². The molecule has 1 aromatic carbocycles. The van der Waals surface area contributed by atoms with Gasteiger partial charge in [0.2, 0.25) is 0 Å². The van der Waals surface area contributed by atoms with Gasteiger partial charge in [-0.05, 0) is 25.1 Å². The molecule has 0 spiro atoms. The lowest BCUT2D eigenvalue weighted by atomic mass is 10.2. The van der Waals surface area contributed by atoms with E-state index in [0.29, 0.717) is 18.3 Å². The van der Waals surface area contributed by atoms with E-state index in [4.69, 9.17) is 0 Å². The van der Waals surface area contributed by atoms with E-state index in [1.807, 2.05) is 0 Å². The second-order valence-corrected chi connectivity index (χ2v) is 4.73. The van der Waals surface area contributed by atoms with Gasteiger partial charge in [0.1, 0.15) is 0 Å². The smallest absolute Gasteiger partial charge is 0.274 e. The number of hydroxylamine groups is 1. The summed E-state index contributed by atoms with van der Waals surface area (Å²) in [5.74, 6) is -1.22. The number of carbonyl (C=O) groups excluding carboxylic acids is 1. The van der Waals surface area contributed by atoms with Crippen LogP contribution in [0.15, 0.2) is 30.5 Å². The summed E-state index contributed by atoms with van der Waals surface area (Å²) in [6.45, 7) is 1.51. The zero-order chi connectivity index (χ0) is 18.8. The Labute approximate surface area is 137 Å². The molecular formula is C14H11F6N3O2. The minimum absolute atomic E-state index is 0.00879. The molecule has 1 N–H and O–H groups in total. The number of nitrogens with one attached hydrogen (secondary N) is 1. The third kappa shape index (κ3) is 4.10. The lowest BCUT2D eigenvalue weighted by Crippen LogP contribution is -2.27. The summed E-state index contributed by atoms with van der Waals surface area (Å²) in [6.07, 6.45) is -9.17. The predicted molar refractivity (Wildman–Crippen MR) is 72.7 cm³/mol. The normalized spacial score (nSPS) is 12.3. The maximum absolute atomic E-state index is 13.3. The quantitative estimate of drug-likeness (QED) is 0.664. The number of hydrogen-bond acceptors (Lipinski definition) is 3. The van der Waals surface area contributed by atoms with E-state index >= 15 is 0 Å². The van der Waals surface area contributed by atoms with E-state index in [9.17, 15) is 31.1 Å². The van der Waals surface area contributed by atoms with Crippen LogP contribution in [0.5, 0.6) is 0 Å². The molecule has 5 nitrogen and oxygen atoms in total. The molecule has 0 aliphatic rings. The van der Waals surface area contributed by atoms with E-state index in [1.54, 1.807) is 5.48 Å². The molecule has 136 valence electrons. The van der Waals surface area contributed by atoms with Crippen LogP contribution in [0.3, 0.4) is 0 Å². The van der Waals surface area contributed by atoms with Crippen LogP contribution < -0.4 is 5.48 Å². The van der Waals surface area contributed by atoms with Crippen molar-refractivity contribution >= 4 is 5.91 Å². The van der Waals surface area contributed by atoms with Gasteiger partial charge < -0.3 is 0 Å². The third-order valence-electron chi connectivity index (χ3n) is 3.01. The van der Waals surface area contributed by atoms with Crippen molar-refractivity contribution in [3.8, 4) is 5.69 Å². The van der Waals surface area contributed by atoms with Crippen molar-refractivity contribution in [3.05, 3.63) is 47.3 Å². The van der Waals surface area contributed by atoms with Crippen LogP contribution in [-0.4, -0.2) is 22.3 Å². The first-order valence-corrected chi connectivity index (χ1v) is 6.80. The van der Waals surface area contributed by atoms with Crippen LogP contribution in [0.25, 0.3) is 5.69 Å². The third-order valence-corrected chi connectivity index (χ3v) is 3.01. The Kier molecular flexibility index (Phi) is 5.07. The summed E-state index contributed by atoms with van der Waals surface area (Å²) in [6, 6.07) is 3.18. The summed E-state index contributed by atoms with van der Waals surface area (Å²) in [5.41, 5.74) is -2.23. The largest absolute Gasteiger partial charge is 0.434 e. The minimum atomic E-state index is -5.04. The van der Waals surface area contributed by atoms with Gasteiger partial charge in [-0.1, -0.05) is 6.07 Å². The zero-order valence-corrected chi connectivity index (χ0v) is 12.6. The summed E-state index contributed by atoms with van der Waals surface area (Å²) in [7, 11) is 0. The Morgan fingerprint density at radius 1 is 1.20 bits per heavy atom. The van der Waals surface area contributed by atoms with Crippen LogP contribution in [0.2, 0.25) is 0 Å². The Morgan fingerprint density at radius 3 is 2.44 bits per heavy atom. The number of hydrogen-bond donors (Lipinski definition) is 1. The fourth-order valence-electron chi connectivity index (χ4n) is 1.99. The molecule has 25 heavy (non-hydrogen) atoms. The van der Waals surface area contributed by atoms with E-state index in [1.165, 1.54) is 6.92 Å². The molecule has 0 saturated heterocycles. The highest BCUT2D eigenvalue weighted by molar-refractivity contribution is 5.94. The summed E-state index contributed by atoms with van der Waals surface area (Å²) in [4.78, 5) is 16.3. The maximum Gasteiger partial charge on any atom is 0.434 e. The van der Waals surface area contributed by atoms with E-state index in [0.717, 1.165) is 12.1 Å². The number of halogens is 6. The van der Waals surface area contributed by atoms with Gasteiger partial charge in [-0.3, -0.25) is 9.63 Å². The van der Waals surface area contributed by atoms with Gasteiger partial charge in [0.05, 0.1) is 29.6 Å². The molecule has 1 heterocycles. The average molecular weight is 367 g/mol. The lowest BCUT2D eigenvalue weighted by molar-refractivity contribution is -0.143. The Morgan fingerprint density at radius 2 is 1.88 bits per heavy atom. The fraction of sp³-hybridized carbons (Fsp3) is 0.286. The van der Waals surface area contributed by atoms with Crippen molar-refractivity contribution in [2.75, 3.05) is 6.61 Å². The van der Waals surface area contributed by atoms with Crippen molar-refractivity contribution in [1.82, 2.24) is 15.3 Å². The molecular weight excluding hydrogens is 356 g/mol. The molecule has 0 radical (unpaired) electrons. The number of carbonyl (C=O) groups is 1. The highest BCUT2D eigenvalue weighted by atomic mass is 19.4. The van der Waals surface area contributed by atoms with Crippen molar-refractivity contribution in [2.24, 2.45) is 0 Å². The lowest BCUT2D eigenvalue weighted by Gasteiger charge is -2.14. The van der Waals surface area contributed by atoms with Crippen LogP contribution in [0.1, 0.15) is 28.5 Å². The van der Waals surface area contributed by atoms with Gasteiger partial charge in [-0.2, -0.15) is 31.4 Å². The van der Waals surface area contributed by atoms with Crippen LogP contribution in [-0.2, 0) is 17.2 Å². The number of benzene rings is 1. The van der Waals surface area contributed by atoms with Crippen LogP contribution in [0, 0.1) is 0 Å². The summed E-state index contributed by atoms with van der Waals surface area (Å²) >= 11 is 0. The zero-order valence-electron chi connectivity index (χ0n) is 12.6. The van der Waals surface area contributed by atoms with Gasteiger partial charge in [-0.15, -0.1) is 0 Å². The Bertz CT molecular complexity index is 767. The second-order valence-electron chi connectivity index (χ2n) is 4.73. The number of nitrogens with zero attached hydrogens (tertiary/aromatic N) is 2. The van der Waals surface area contributed by atoms with Crippen molar-refractivity contribution in [2.45, 2.75) is 19.3 Å². The SMILES string of the molecule is CCONC(=O)c1cnn(-c2cccc(C(F)(F)F)c2)c1C(F)(F)F. The molecule has 0 aliphatic heterocycles. The average Bonchev–Trinajstić information content (AvgIpc) is 2.97. The topological polar surface area (TPSA) is 56.1 Å². The van der Waals surface area contributed by atoms with Crippen molar-refractivity contribution in [3.63, 3.8) is 0 Å². The first-order valence-electron chi connectivity index (χ1n) is 6.80.